The minimum absolute atomic E-state index is 0.0262. The first-order chi connectivity index (χ1) is 11.8. The molecule has 0 fully saturated rings. The number of carbonyl (C=O) groups is 1. The van der Waals surface area contributed by atoms with E-state index in [1.165, 1.54) is 11.1 Å². The van der Waals surface area contributed by atoms with Gasteiger partial charge in [0.15, 0.2) is 6.61 Å². The zero-order valence-electron chi connectivity index (χ0n) is 16.1. The molecule has 0 aliphatic carbocycles. The number of ether oxygens (including phenoxy) is 1. The highest BCUT2D eigenvalue weighted by molar-refractivity contribution is 5.78. The third-order valence-corrected chi connectivity index (χ3v) is 4.43. The van der Waals surface area contributed by atoms with Crippen LogP contribution in [0, 0.1) is 20.8 Å². The van der Waals surface area contributed by atoms with Gasteiger partial charge in [0.05, 0.1) is 6.04 Å². The first-order valence-electron chi connectivity index (χ1n) is 8.87. The van der Waals surface area contributed by atoms with E-state index in [4.69, 9.17) is 4.74 Å². The van der Waals surface area contributed by atoms with Crippen LogP contribution >= 0.6 is 0 Å². The minimum Gasteiger partial charge on any atom is -0.483 e. The van der Waals surface area contributed by atoms with Gasteiger partial charge in [0, 0.05) is 0 Å². The lowest BCUT2D eigenvalue weighted by atomic mass is 10.00. The minimum atomic E-state index is -0.107. The van der Waals surface area contributed by atoms with E-state index in [0.717, 1.165) is 22.4 Å². The highest BCUT2D eigenvalue weighted by atomic mass is 16.5. The Labute approximate surface area is 151 Å². The van der Waals surface area contributed by atoms with Crippen LogP contribution in [0.25, 0.3) is 0 Å². The molecule has 0 saturated heterocycles. The van der Waals surface area contributed by atoms with Crippen molar-refractivity contribution >= 4 is 5.91 Å². The van der Waals surface area contributed by atoms with Crippen LogP contribution in [0.15, 0.2) is 36.4 Å². The molecule has 0 aromatic heterocycles. The Balaban J connectivity index is 2.01. The van der Waals surface area contributed by atoms with Gasteiger partial charge >= 0.3 is 0 Å². The summed E-state index contributed by atoms with van der Waals surface area (Å²) in [5.74, 6) is 1.04. The average Bonchev–Trinajstić information content (AvgIpc) is 2.54. The molecule has 0 unspecified atom stereocenters. The van der Waals surface area contributed by atoms with Crippen LogP contribution in [0.2, 0.25) is 0 Å². The smallest absolute Gasteiger partial charge is 0.258 e. The van der Waals surface area contributed by atoms with Crippen LogP contribution in [-0.2, 0) is 4.79 Å². The predicted molar refractivity (Wildman–Crippen MR) is 103 cm³/mol. The number of hydrogen-bond donors (Lipinski definition) is 1. The van der Waals surface area contributed by atoms with Gasteiger partial charge in [-0.2, -0.15) is 0 Å². The quantitative estimate of drug-likeness (QED) is 0.805. The molecule has 0 aliphatic heterocycles. The molecule has 0 radical (unpaired) electrons. The lowest BCUT2D eigenvalue weighted by molar-refractivity contribution is -0.123. The van der Waals surface area contributed by atoms with Crippen molar-refractivity contribution in [1.82, 2.24) is 5.32 Å². The van der Waals surface area contributed by atoms with Crippen molar-refractivity contribution in [1.29, 1.82) is 0 Å². The Hall–Kier alpha value is -2.29. The molecule has 0 spiro atoms. The van der Waals surface area contributed by atoms with Crippen LogP contribution < -0.4 is 10.1 Å². The van der Waals surface area contributed by atoms with Gasteiger partial charge in [0.1, 0.15) is 5.75 Å². The summed E-state index contributed by atoms with van der Waals surface area (Å²) in [6.45, 7) is 12.4. The number of amides is 1. The fourth-order valence-corrected chi connectivity index (χ4v) is 2.97. The van der Waals surface area contributed by atoms with E-state index >= 15 is 0 Å². The van der Waals surface area contributed by atoms with E-state index in [1.807, 2.05) is 19.9 Å². The summed E-state index contributed by atoms with van der Waals surface area (Å²) in [7, 11) is 0. The number of aryl methyl sites for hydroxylation is 3. The second-order valence-corrected chi connectivity index (χ2v) is 7.13. The van der Waals surface area contributed by atoms with Crippen LogP contribution in [0.5, 0.6) is 5.75 Å². The van der Waals surface area contributed by atoms with Crippen molar-refractivity contribution in [2.24, 2.45) is 0 Å². The summed E-state index contributed by atoms with van der Waals surface area (Å²) in [6, 6.07) is 12.4. The van der Waals surface area contributed by atoms with E-state index in [1.54, 1.807) is 0 Å². The first kappa shape index (κ1) is 19.0. The summed E-state index contributed by atoms with van der Waals surface area (Å²) in [4.78, 5) is 12.3. The molecule has 3 heteroatoms. The van der Waals surface area contributed by atoms with Gasteiger partial charge < -0.3 is 10.1 Å². The third-order valence-electron chi connectivity index (χ3n) is 4.43. The fourth-order valence-electron chi connectivity index (χ4n) is 2.97. The molecule has 1 amide bonds. The number of hydrogen-bond acceptors (Lipinski definition) is 2. The van der Waals surface area contributed by atoms with Crippen LogP contribution in [0.1, 0.15) is 60.5 Å². The molecular weight excluding hydrogens is 310 g/mol. The van der Waals surface area contributed by atoms with Crippen molar-refractivity contribution in [3.8, 4) is 5.75 Å². The van der Waals surface area contributed by atoms with Gasteiger partial charge in [-0.1, -0.05) is 49.7 Å². The third kappa shape index (κ3) is 5.09. The Morgan fingerprint density at radius 2 is 1.60 bits per heavy atom. The number of rotatable bonds is 6. The molecule has 0 saturated carbocycles. The van der Waals surface area contributed by atoms with Gasteiger partial charge in [0.25, 0.3) is 5.91 Å². The van der Waals surface area contributed by atoms with Gasteiger partial charge in [0.2, 0.25) is 0 Å². The molecule has 2 rings (SSSR count). The zero-order valence-corrected chi connectivity index (χ0v) is 16.1. The molecule has 25 heavy (non-hydrogen) atoms. The second-order valence-electron chi connectivity index (χ2n) is 7.13. The van der Waals surface area contributed by atoms with Gasteiger partial charge in [-0.05, 0) is 61.9 Å². The number of benzene rings is 2. The van der Waals surface area contributed by atoms with Crippen LogP contribution in [0.3, 0.4) is 0 Å². The van der Waals surface area contributed by atoms with Crippen molar-refractivity contribution < 1.29 is 9.53 Å². The molecule has 0 heterocycles. The average molecular weight is 339 g/mol. The normalized spacial score (nSPS) is 12.1. The fraction of sp³-hybridized carbons (Fsp3) is 0.409. The maximum absolute atomic E-state index is 12.3. The molecular formula is C22H29NO2. The van der Waals surface area contributed by atoms with Gasteiger partial charge in [-0.3, -0.25) is 4.79 Å². The lowest BCUT2D eigenvalue weighted by Crippen LogP contribution is -2.31. The van der Waals surface area contributed by atoms with Gasteiger partial charge in [-0.25, -0.2) is 0 Å². The SMILES string of the molecule is Cc1ccc(C(C)C)c(OCC(=O)N[C@@H](C)c2cc(C)ccc2C)c1. The van der Waals surface area contributed by atoms with Crippen LogP contribution in [0.4, 0.5) is 0 Å². The lowest BCUT2D eigenvalue weighted by Gasteiger charge is -2.19. The molecule has 1 atom stereocenters. The molecule has 0 bridgehead atoms. The summed E-state index contributed by atoms with van der Waals surface area (Å²) in [5, 5.41) is 3.03. The predicted octanol–water partition coefficient (Wildman–Crippen LogP) is 4.99. The Morgan fingerprint density at radius 3 is 2.28 bits per heavy atom. The maximum Gasteiger partial charge on any atom is 0.258 e. The summed E-state index contributed by atoms with van der Waals surface area (Å²) in [6.07, 6.45) is 0. The Kier molecular flexibility index (Phi) is 6.24. The van der Waals surface area contributed by atoms with E-state index in [-0.39, 0.29) is 18.6 Å². The summed E-state index contributed by atoms with van der Waals surface area (Å²) < 4.78 is 5.82. The monoisotopic (exact) mass is 339 g/mol. The van der Waals surface area contributed by atoms with E-state index in [0.29, 0.717) is 5.92 Å². The molecule has 134 valence electrons. The highest BCUT2D eigenvalue weighted by Gasteiger charge is 2.14. The number of carbonyl (C=O) groups excluding carboxylic acids is 1. The van der Waals surface area contributed by atoms with E-state index < -0.39 is 0 Å². The molecule has 1 N–H and O–H groups in total. The van der Waals surface area contributed by atoms with Crippen molar-refractivity contribution in [2.75, 3.05) is 6.61 Å². The standard InChI is InChI=1S/C22H29NO2/c1-14(2)19-10-8-16(4)12-21(19)25-13-22(24)23-18(6)20-11-15(3)7-9-17(20)5/h7-12,14,18H,13H2,1-6H3,(H,23,24)/t18-/m0/s1. The zero-order chi connectivity index (χ0) is 18.6. The van der Waals surface area contributed by atoms with Crippen molar-refractivity contribution in [3.63, 3.8) is 0 Å². The Bertz CT molecular complexity index is 750. The molecule has 3 nitrogen and oxygen atoms in total. The van der Waals surface area contributed by atoms with Crippen molar-refractivity contribution in [3.05, 3.63) is 64.2 Å². The van der Waals surface area contributed by atoms with Gasteiger partial charge in [-0.15, -0.1) is 0 Å². The van der Waals surface area contributed by atoms with Crippen molar-refractivity contribution in [2.45, 2.75) is 53.5 Å². The largest absolute Gasteiger partial charge is 0.483 e. The maximum atomic E-state index is 12.3. The highest BCUT2D eigenvalue weighted by Crippen LogP contribution is 2.27. The van der Waals surface area contributed by atoms with Crippen LogP contribution in [-0.4, -0.2) is 12.5 Å². The first-order valence-corrected chi connectivity index (χ1v) is 8.87. The van der Waals surface area contributed by atoms with E-state index in [9.17, 15) is 4.79 Å². The Morgan fingerprint density at radius 1 is 0.960 bits per heavy atom. The summed E-state index contributed by atoms with van der Waals surface area (Å²) >= 11 is 0. The summed E-state index contributed by atoms with van der Waals surface area (Å²) in [5.41, 5.74) is 5.77. The second kappa shape index (κ2) is 8.19. The number of nitrogens with one attached hydrogen (secondary N) is 1. The molecule has 2 aromatic carbocycles. The molecule has 2 aromatic rings. The topological polar surface area (TPSA) is 38.3 Å². The molecule has 0 aliphatic rings. The van der Waals surface area contributed by atoms with E-state index in [2.05, 4.69) is 63.3 Å².